The van der Waals surface area contributed by atoms with Gasteiger partial charge in [-0.2, -0.15) is 5.26 Å². The Balaban J connectivity index is 1.79. The Labute approximate surface area is 166 Å². The molecule has 0 saturated carbocycles. The third-order valence-corrected chi connectivity index (χ3v) is 5.47. The van der Waals surface area contributed by atoms with E-state index in [0.29, 0.717) is 24.5 Å². The number of rotatable bonds is 7. The van der Waals surface area contributed by atoms with E-state index in [1.165, 1.54) is 5.56 Å². The molecule has 1 aliphatic heterocycles. The summed E-state index contributed by atoms with van der Waals surface area (Å²) in [5.41, 5.74) is 4.88. The summed E-state index contributed by atoms with van der Waals surface area (Å²) in [6, 6.07) is 10.5. The van der Waals surface area contributed by atoms with Crippen LogP contribution < -0.4 is 10.2 Å². The third kappa shape index (κ3) is 4.05. The number of para-hydroxylation sites is 1. The van der Waals surface area contributed by atoms with Crippen molar-refractivity contribution in [1.82, 2.24) is 4.57 Å². The molecule has 0 atom stereocenters. The van der Waals surface area contributed by atoms with Gasteiger partial charge in [-0.25, -0.2) is 0 Å². The van der Waals surface area contributed by atoms with Crippen LogP contribution >= 0.6 is 0 Å². The molecule has 2 heterocycles. The first kappa shape index (κ1) is 20.0. The largest absolute Gasteiger partial charge is 0.385 e. The first-order valence-electron chi connectivity index (χ1n) is 9.78. The number of aryl methyl sites for hydroxylation is 1. The van der Waals surface area contributed by atoms with Gasteiger partial charge >= 0.3 is 0 Å². The van der Waals surface area contributed by atoms with Crippen LogP contribution in [-0.4, -0.2) is 37.3 Å². The normalized spacial score (nSPS) is 13.1. The molecule has 1 aliphatic rings. The van der Waals surface area contributed by atoms with Gasteiger partial charge in [0.25, 0.3) is 0 Å². The Morgan fingerprint density at radius 3 is 2.86 bits per heavy atom. The zero-order valence-electron chi connectivity index (χ0n) is 16.9. The summed E-state index contributed by atoms with van der Waals surface area (Å²) in [5, 5.41) is 12.6. The van der Waals surface area contributed by atoms with Crippen LogP contribution in [-0.2, 0) is 22.5 Å². The molecule has 28 heavy (non-hydrogen) atoms. The van der Waals surface area contributed by atoms with Gasteiger partial charge in [-0.3, -0.25) is 4.79 Å². The highest BCUT2D eigenvalue weighted by molar-refractivity contribution is 5.95. The van der Waals surface area contributed by atoms with Crippen LogP contribution in [0.15, 0.2) is 24.3 Å². The first-order valence-corrected chi connectivity index (χ1v) is 9.78. The molecule has 6 nitrogen and oxygen atoms in total. The van der Waals surface area contributed by atoms with Crippen molar-refractivity contribution in [2.24, 2.45) is 0 Å². The van der Waals surface area contributed by atoms with Gasteiger partial charge in [-0.15, -0.1) is 0 Å². The summed E-state index contributed by atoms with van der Waals surface area (Å²) in [6.45, 7) is 6.39. The quantitative estimate of drug-likeness (QED) is 0.748. The van der Waals surface area contributed by atoms with Crippen molar-refractivity contribution < 1.29 is 9.53 Å². The Hall–Kier alpha value is -2.78. The number of anilines is 2. The lowest BCUT2D eigenvalue weighted by atomic mass is 10.0. The molecule has 0 spiro atoms. The maximum atomic E-state index is 12.9. The van der Waals surface area contributed by atoms with E-state index in [4.69, 9.17) is 4.74 Å². The highest BCUT2D eigenvalue weighted by atomic mass is 16.5. The van der Waals surface area contributed by atoms with Crippen molar-refractivity contribution >= 4 is 17.4 Å². The molecule has 0 bridgehead atoms. The molecule has 1 aromatic carbocycles. The molecular formula is C22H28N4O2. The van der Waals surface area contributed by atoms with Crippen LogP contribution in [0.1, 0.15) is 35.2 Å². The zero-order chi connectivity index (χ0) is 20.1. The third-order valence-electron chi connectivity index (χ3n) is 5.47. The fourth-order valence-electron chi connectivity index (χ4n) is 3.90. The SMILES string of the molecule is COCCCn1c(C)c(C)c(C#N)c1NC(=O)CN1CCCc2ccccc21. The number of nitrogens with one attached hydrogen (secondary N) is 1. The number of carbonyl (C=O) groups excluding carboxylic acids is 1. The summed E-state index contributed by atoms with van der Waals surface area (Å²) < 4.78 is 7.17. The molecule has 0 radical (unpaired) electrons. The molecule has 0 fully saturated rings. The monoisotopic (exact) mass is 380 g/mol. The number of hydrogen-bond acceptors (Lipinski definition) is 4. The van der Waals surface area contributed by atoms with Gasteiger partial charge < -0.3 is 19.5 Å². The van der Waals surface area contributed by atoms with Crippen molar-refractivity contribution in [3.05, 3.63) is 46.6 Å². The van der Waals surface area contributed by atoms with E-state index in [1.54, 1.807) is 7.11 Å². The molecule has 1 aromatic heterocycles. The summed E-state index contributed by atoms with van der Waals surface area (Å²) >= 11 is 0. The molecule has 148 valence electrons. The molecule has 0 aliphatic carbocycles. The van der Waals surface area contributed by atoms with E-state index in [9.17, 15) is 10.1 Å². The van der Waals surface area contributed by atoms with Gasteiger partial charge in [0.1, 0.15) is 11.9 Å². The van der Waals surface area contributed by atoms with Crippen LogP contribution in [0.25, 0.3) is 0 Å². The minimum Gasteiger partial charge on any atom is -0.385 e. The van der Waals surface area contributed by atoms with E-state index in [0.717, 1.165) is 42.8 Å². The van der Waals surface area contributed by atoms with Gasteiger partial charge in [0, 0.05) is 38.2 Å². The minimum atomic E-state index is -0.0984. The van der Waals surface area contributed by atoms with Crippen LogP contribution in [0.5, 0.6) is 0 Å². The van der Waals surface area contributed by atoms with Crippen molar-refractivity contribution in [3.8, 4) is 6.07 Å². The molecule has 2 aromatic rings. The summed E-state index contributed by atoms with van der Waals surface area (Å²) in [6.07, 6.45) is 2.91. The number of ether oxygens (including phenoxy) is 1. The average molecular weight is 380 g/mol. The maximum absolute atomic E-state index is 12.9. The molecule has 0 saturated heterocycles. The fourth-order valence-corrected chi connectivity index (χ4v) is 3.90. The summed E-state index contributed by atoms with van der Waals surface area (Å²) in [5.74, 6) is 0.502. The predicted molar refractivity (Wildman–Crippen MR) is 111 cm³/mol. The lowest BCUT2D eigenvalue weighted by Gasteiger charge is -2.30. The van der Waals surface area contributed by atoms with Crippen molar-refractivity contribution in [3.63, 3.8) is 0 Å². The van der Waals surface area contributed by atoms with Gasteiger partial charge in [0.2, 0.25) is 5.91 Å². The molecule has 6 heteroatoms. The molecule has 1 N–H and O–H groups in total. The van der Waals surface area contributed by atoms with E-state index < -0.39 is 0 Å². The Morgan fingerprint density at radius 1 is 1.32 bits per heavy atom. The highest BCUT2D eigenvalue weighted by Crippen LogP contribution is 2.28. The van der Waals surface area contributed by atoms with Gasteiger partial charge in [0.15, 0.2) is 0 Å². The molecular weight excluding hydrogens is 352 g/mol. The molecule has 0 unspecified atom stereocenters. The number of nitrogens with zero attached hydrogens (tertiary/aromatic N) is 3. The van der Waals surface area contributed by atoms with Gasteiger partial charge in [-0.05, 0) is 50.3 Å². The maximum Gasteiger partial charge on any atom is 0.245 e. The highest BCUT2D eigenvalue weighted by Gasteiger charge is 2.22. The Kier molecular flexibility index (Phi) is 6.37. The number of hydrogen-bond donors (Lipinski definition) is 1. The van der Waals surface area contributed by atoms with Crippen LogP contribution in [0.3, 0.4) is 0 Å². The number of benzene rings is 1. The zero-order valence-corrected chi connectivity index (χ0v) is 16.9. The standard InChI is InChI=1S/C22H28N4O2/c1-16-17(2)26(12-7-13-28-3)22(19(16)14-23)24-21(27)15-25-11-6-9-18-8-4-5-10-20(18)25/h4-5,8,10H,6-7,9,11-13,15H2,1-3H3,(H,24,27). The predicted octanol–water partition coefficient (Wildman–Crippen LogP) is 3.40. The fraction of sp³-hybridized carbons (Fsp3) is 0.455. The minimum absolute atomic E-state index is 0.0984. The first-order chi connectivity index (χ1) is 13.6. The van der Waals surface area contributed by atoms with Gasteiger partial charge in [0.05, 0.1) is 12.1 Å². The Bertz CT molecular complexity index is 895. The van der Waals surface area contributed by atoms with Crippen LogP contribution in [0.4, 0.5) is 11.5 Å². The van der Waals surface area contributed by atoms with E-state index in [2.05, 4.69) is 28.4 Å². The van der Waals surface area contributed by atoms with E-state index >= 15 is 0 Å². The Morgan fingerprint density at radius 2 is 2.11 bits per heavy atom. The molecule has 3 rings (SSSR count). The molecule has 1 amide bonds. The van der Waals surface area contributed by atoms with E-state index in [-0.39, 0.29) is 12.5 Å². The smallest absolute Gasteiger partial charge is 0.245 e. The number of methoxy groups -OCH3 is 1. The second-order valence-corrected chi connectivity index (χ2v) is 7.25. The van der Waals surface area contributed by atoms with Crippen LogP contribution in [0.2, 0.25) is 0 Å². The number of amides is 1. The summed E-state index contributed by atoms with van der Waals surface area (Å²) in [7, 11) is 1.67. The second kappa shape index (κ2) is 8.94. The van der Waals surface area contributed by atoms with Gasteiger partial charge in [-0.1, -0.05) is 18.2 Å². The number of aromatic nitrogens is 1. The van der Waals surface area contributed by atoms with Crippen molar-refractivity contribution in [1.29, 1.82) is 5.26 Å². The van der Waals surface area contributed by atoms with E-state index in [1.807, 2.05) is 30.5 Å². The number of nitriles is 1. The summed E-state index contributed by atoms with van der Waals surface area (Å²) in [4.78, 5) is 15.0. The topological polar surface area (TPSA) is 70.3 Å². The number of fused-ring (bicyclic) bond motifs is 1. The second-order valence-electron chi connectivity index (χ2n) is 7.25. The number of carbonyl (C=O) groups is 1. The van der Waals surface area contributed by atoms with Crippen LogP contribution in [0, 0.1) is 25.2 Å². The average Bonchev–Trinajstić information content (AvgIpc) is 2.92. The lowest BCUT2D eigenvalue weighted by molar-refractivity contribution is -0.115. The lowest BCUT2D eigenvalue weighted by Crippen LogP contribution is -2.37. The van der Waals surface area contributed by atoms with Crippen molar-refractivity contribution in [2.75, 3.05) is 37.0 Å². The van der Waals surface area contributed by atoms with Crippen molar-refractivity contribution in [2.45, 2.75) is 39.7 Å².